The Morgan fingerprint density at radius 3 is 2.72 bits per heavy atom. The van der Waals surface area contributed by atoms with Crippen LogP contribution in [0, 0.1) is 11.8 Å². The molecule has 3 aromatic rings. The molecule has 0 unspecified atom stereocenters. The second-order valence-corrected chi connectivity index (χ2v) is 9.82. The minimum Gasteiger partial charge on any atom is -0.481 e. The predicted octanol–water partition coefficient (Wildman–Crippen LogP) is 4.54. The molecule has 0 bridgehead atoms. The Hall–Kier alpha value is -4.06. The molecule has 2 aliphatic heterocycles. The molecule has 3 aliphatic rings. The molecular formula is C28H25N5O2S. The van der Waals surface area contributed by atoms with Crippen molar-refractivity contribution in [3.8, 4) is 40.1 Å². The van der Waals surface area contributed by atoms with E-state index in [-0.39, 0.29) is 5.91 Å². The van der Waals surface area contributed by atoms with Crippen molar-refractivity contribution in [2.75, 3.05) is 39.8 Å². The fourth-order valence-corrected chi connectivity index (χ4v) is 5.26. The van der Waals surface area contributed by atoms with E-state index in [2.05, 4.69) is 56.5 Å². The molecule has 0 atom stereocenters. The van der Waals surface area contributed by atoms with Crippen LogP contribution in [-0.4, -0.2) is 70.7 Å². The number of carbonyl (C=O) groups excluding carboxylic acids is 1. The normalized spacial score (nSPS) is 14.2. The zero-order valence-corrected chi connectivity index (χ0v) is 20.7. The number of fused-ring (bicyclic) bond motifs is 3. The van der Waals surface area contributed by atoms with Crippen LogP contribution in [0.3, 0.4) is 0 Å². The Morgan fingerprint density at radius 2 is 1.89 bits per heavy atom. The number of pyridine rings is 1. The maximum Gasteiger partial charge on any atom is 0.255 e. The molecule has 180 valence electrons. The number of benzene rings is 1. The maximum absolute atomic E-state index is 13.1. The Kier molecular flexibility index (Phi) is 5.93. The van der Waals surface area contributed by atoms with E-state index in [0.29, 0.717) is 12.2 Å². The number of piperazine rings is 1. The number of aromatic nitrogens is 3. The number of H-pyrrole nitrogens is 2. The van der Waals surface area contributed by atoms with E-state index in [1.165, 1.54) is 0 Å². The molecule has 0 radical (unpaired) electrons. The van der Waals surface area contributed by atoms with Gasteiger partial charge < -0.3 is 14.5 Å². The average Bonchev–Trinajstić information content (AvgIpc) is 3.62. The minimum atomic E-state index is 0.0416. The zero-order chi connectivity index (χ0) is 24.5. The van der Waals surface area contributed by atoms with E-state index < -0.39 is 0 Å². The summed E-state index contributed by atoms with van der Waals surface area (Å²) in [5.41, 5.74) is 5.54. The highest BCUT2D eigenvalue weighted by Gasteiger charge is 2.24. The molecule has 1 fully saturated rings. The van der Waals surface area contributed by atoms with Crippen LogP contribution in [0.1, 0.15) is 15.2 Å². The Morgan fingerprint density at radius 1 is 1.08 bits per heavy atom. The molecule has 36 heavy (non-hydrogen) atoms. The van der Waals surface area contributed by atoms with E-state index in [4.69, 9.17) is 4.74 Å². The highest BCUT2D eigenvalue weighted by Crippen LogP contribution is 2.39. The summed E-state index contributed by atoms with van der Waals surface area (Å²) in [6, 6.07) is 15.8. The van der Waals surface area contributed by atoms with E-state index in [0.717, 1.165) is 70.2 Å². The van der Waals surface area contributed by atoms with Gasteiger partial charge in [-0.3, -0.25) is 20.0 Å². The summed E-state index contributed by atoms with van der Waals surface area (Å²) in [6.45, 7) is 3.61. The third-order valence-electron chi connectivity index (χ3n) is 6.51. The number of thiophene rings is 1. The summed E-state index contributed by atoms with van der Waals surface area (Å²) < 4.78 is 5.65. The number of aromatic amines is 2. The summed E-state index contributed by atoms with van der Waals surface area (Å²) in [6.07, 6.45) is 1.70. The number of carbonyl (C=O) groups is 1. The number of hydrogen-bond acceptors (Lipinski definition) is 5. The second-order valence-electron chi connectivity index (χ2n) is 8.91. The van der Waals surface area contributed by atoms with Crippen LogP contribution in [0.15, 0.2) is 60.1 Å². The van der Waals surface area contributed by atoms with Crippen molar-refractivity contribution < 1.29 is 9.53 Å². The van der Waals surface area contributed by atoms with Crippen LogP contribution in [0.2, 0.25) is 0 Å². The van der Waals surface area contributed by atoms with Crippen LogP contribution >= 0.6 is 11.3 Å². The molecule has 7 nitrogen and oxygen atoms in total. The average molecular weight is 496 g/mol. The van der Waals surface area contributed by atoms with E-state index >= 15 is 0 Å². The van der Waals surface area contributed by atoms with Gasteiger partial charge in [-0.1, -0.05) is 30.0 Å². The molecule has 0 saturated carbocycles. The lowest BCUT2D eigenvalue weighted by Gasteiger charge is -2.32. The third-order valence-corrected chi connectivity index (χ3v) is 7.36. The van der Waals surface area contributed by atoms with Crippen LogP contribution in [0.5, 0.6) is 5.75 Å². The SMILES string of the molecule is CN1CCN(C(=O)c2cnc3cc4c(-c5csc(C#CCOc6ccccc6)c5)[nH][nH]c-4c3c2)CC1. The highest BCUT2D eigenvalue weighted by atomic mass is 32.1. The predicted molar refractivity (Wildman–Crippen MR) is 143 cm³/mol. The standard InChI is InChI=1S/C28H25N5O2S/c1-32-9-11-33(12-10-32)28(34)19-15-23-25(29-17-19)16-24-26(30-31-27(23)24)20-14-22(36-18-20)8-5-13-35-21-6-3-2-4-7-21/h2-4,6-7,14-18,30-31H,9-13H2,1H3. The fourth-order valence-electron chi connectivity index (χ4n) is 4.50. The first-order valence-electron chi connectivity index (χ1n) is 11.9. The van der Waals surface area contributed by atoms with Crippen molar-refractivity contribution in [1.29, 1.82) is 0 Å². The monoisotopic (exact) mass is 495 g/mol. The number of hydrogen-bond donors (Lipinski definition) is 2. The Bertz CT molecular complexity index is 1550. The van der Waals surface area contributed by atoms with Crippen LogP contribution in [0.4, 0.5) is 0 Å². The first-order valence-corrected chi connectivity index (χ1v) is 12.8. The number of amides is 1. The molecule has 2 aromatic heterocycles. The van der Waals surface area contributed by atoms with Gasteiger partial charge in [-0.05, 0) is 37.4 Å². The maximum atomic E-state index is 13.1. The van der Waals surface area contributed by atoms with Gasteiger partial charge in [0.2, 0.25) is 0 Å². The van der Waals surface area contributed by atoms with E-state index in [1.54, 1.807) is 17.5 Å². The van der Waals surface area contributed by atoms with Gasteiger partial charge in [0, 0.05) is 54.3 Å². The number of rotatable bonds is 4. The first kappa shape index (κ1) is 22.4. The summed E-state index contributed by atoms with van der Waals surface area (Å²) in [5, 5.41) is 9.63. The topological polar surface area (TPSA) is 77.2 Å². The van der Waals surface area contributed by atoms with Gasteiger partial charge in [0.25, 0.3) is 5.91 Å². The van der Waals surface area contributed by atoms with Crippen LogP contribution in [0.25, 0.3) is 33.4 Å². The summed E-state index contributed by atoms with van der Waals surface area (Å²) in [5.74, 6) is 7.13. The molecule has 1 aromatic carbocycles. The molecular weight excluding hydrogens is 470 g/mol. The minimum absolute atomic E-state index is 0.0416. The first-order chi connectivity index (χ1) is 17.7. The van der Waals surface area contributed by atoms with Crippen molar-refractivity contribution in [1.82, 2.24) is 25.0 Å². The molecule has 2 N–H and O–H groups in total. The van der Waals surface area contributed by atoms with Crippen LogP contribution < -0.4 is 4.74 Å². The quantitative estimate of drug-likeness (QED) is 0.359. The summed E-state index contributed by atoms with van der Waals surface area (Å²) in [7, 11) is 2.08. The van der Waals surface area contributed by atoms with Crippen molar-refractivity contribution in [2.45, 2.75) is 0 Å². The lowest BCUT2D eigenvalue weighted by atomic mass is 10.1. The lowest BCUT2D eigenvalue weighted by molar-refractivity contribution is 0.0664. The second kappa shape index (κ2) is 9.53. The molecule has 6 rings (SSSR count). The molecule has 1 saturated heterocycles. The Balaban J connectivity index is 1.19. The van der Waals surface area contributed by atoms with Gasteiger partial charge in [-0.2, -0.15) is 0 Å². The molecule has 0 spiro atoms. The summed E-state index contributed by atoms with van der Waals surface area (Å²) in [4.78, 5) is 22.8. The molecule has 8 heteroatoms. The van der Waals surface area contributed by atoms with Gasteiger partial charge >= 0.3 is 0 Å². The van der Waals surface area contributed by atoms with Gasteiger partial charge in [0.1, 0.15) is 12.4 Å². The Labute approximate surface area is 213 Å². The van der Waals surface area contributed by atoms with Crippen molar-refractivity contribution in [2.24, 2.45) is 0 Å². The summed E-state index contributed by atoms with van der Waals surface area (Å²) >= 11 is 1.60. The number of nitrogens with zero attached hydrogens (tertiary/aromatic N) is 3. The van der Waals surface area contributed by atoms with Crippen molar-refractivity contribution in [3.63, 3.8) is 0 Å². The number of nitrogens with one attached hydrogen (secondary N) is 2. The molecule has 4 heterocycles. The third kappa shape index (κ3) is 4.35. The zero-order valence-electron chi connectivity index (χ0n) is 19.9. The fraction of sp³-hybridized carbons (Fsp3) is 0.214. The smallest absolute Gasteiger partial charge is 0.255 e. The highest BCUT2D eigenvalue weighted by molar-refractivity contribution is 7.11. The number of para-hydroxylation sites is 1. The van der Waals surface area contributed by atoms with Crippen molar-refractivity contribution >= 4 is 28.1 Å². The van der Waals surface area contributed by atoms with Gasteiger partial charge in [-0.15, -0.1) is 11.3 Å². The molecule has 1 aliphatic carbocycles. The van der Waals surface area contributed by atoms with Crippen molar-refractivity contribution in [3.05, 3.63) is 70.5 Å². The number of ether oxygens (including phenoxy) is 1. The van der Waals surface area contributed by atoms with Gasteiger partial charge in [0.05, 0.1) is 27.3 Å². The number of likely N-dealkylation sites (N-methyl/N-ethyl adjacent to an activating group) is 1. The molecule has 1 amide bonds. The largest absolute Gasteiger partial charge is 0.481 e. The van der Waals surface area contributed by atoms with Crippen LogP contribution in [-0.2, 0) is 0 Å². The van der Waals surface area contributed by atoms with E-state index in [1.807, 2.05) is 41.3 Å². The van der Waals surface area contributed by atoms with Gasteiger partial charge in [-0.25, -0.2) is 0 Å². The van der Waals surface area contributed by atoms with Gasteiger partial charge in [0.15, 0.2) is 0 Å². The lowest BCUT2D eigenvalue weighted by Crippen LogP contribution is -2.47. The van der Waals surface area contributed by atoms with E-state index in [9.17, 15) is 4.79 Å².